The molecule has 2 aromatic carbocycles. The van der Waals surface area contributed by atoms with Gasteiger partial charge in [0.05, 0.1) is 10.0 Å². The van der Waals surface area contributed by atoms with Crippen LogP contribution in [0.15, 0.2) is 40.9 Å². The number of carbonyl (C=O) groups excluding carboxylic acids is 1. The number of halogens is 2. The molecule has 0 atom stereocenters. The molecule has 0 bridgehead atoms. The first-order chi connectivity index (χ1) is 10.2. The van der Waals surface area contributed by atoms with E-state index in [1.165, 1.54) is 5.56 Å². The molecule has 0 unspecified atom stereocenters. The maximum Gasteiger partial charge on any atom is 0.343 e. The SMILES string of the molecule is Cc1ccc(C(=O)Oc2ccc(C(C)(C)C)cc2Br)cc1I. The second kappa shape index (κ2) is 6.71. The summed E-state index contributed by atoms with van der Waals surface area (Å²) in [4.78, 5) is 12.3. The average Bonchev–Trinajstić information content (AvgIpc) is 2.42. The van der Waals surface area contributed by atoms with E-state index in [1.54, 1.807) is 6.07 Å². The Hall–Kier alpha value is -0.880. The van der Waals surface area contributed by atoms with Gasteiger partial charge in [-0.15, -0.1) is 0 Å². The summed E-state index contributed by atoms with van der Waals surface area (Å²) < 4.78 is 7.34. The highest BCUT2D eigenvalue weighted by molar-refractivity contribution is 14.1. The normalized spacial score (nSPS) is 11.4. The maximum atomic E-state index is 12.3. The van der Waals surface area contributed by atoms with Crippen LogP contribution in [0.1, 0.15) is 42.3 Å². The van der Waals surface area contributed by atoms with Crippen LogP contribution in [0.4, 0.5) is 0 Å². The van der Waals surface area contributed by atoms with E-state index in [-0.39, 0.29) is 11.4 Å². The van der Waals surface area contributed by atoms with E-state index in [1.807, 2.05) is 37.3 Å². The van der Waals surface area contributed by atoms with Crippen molar-refractivity contribution in [2.75, 3.05) is 0 Å². The van der Waals surface area contributed by atoms with Crippen molar-refractivity contribution in [3.05, 3.63) is 61.1 Å². The van der Waals surface area contributed by atoms with Crippen LogP contribution in [-0.4, -0.2) is 5.97 Å². The lowest BCUT2D eigenvalue weighted by Gasteiger charge is -2.20. The molecule has 0 saturated carbocycles. The quantitative estimate of drug-likeness (QED) is 0.310. The van der Waals surface area contributed by atoms with Crippen LogP contribution >= 0.6 is 38.5 Å². The smallest absolute Gasteiger partial charge is 0.343 e. The third-order valence-corrected chi connectivity index (χ3v) is 5.19. The zero-order chi connectivity index (χ0) is 16.5. The Bertz CT molecular complexity index is 718. The molecule has 0 aliphatic rings. The van der Waals surface area contributed by atoms with Gasteiger partial charge in [0.25, 0.3) is 0 Å². The highest BCUT2D eigenvalue weighted by Gasteiger charge is 2.17. The van der Waals surface area contributed by atoms with Crippen molar-refractivity contribution in [3.8, 4) is 5.75 Å². The van der Waals surface area contributed by atoms with Gasteiger partial charge < -0.3 is 4.74 Å². The Balaban J connectivity index is 2.23. The summed E-state index contributed by atoms with van der Waals surface area (Å²) >= 11 is 5.71. The number of ether oxygens (including phenoxy) is 1. The van der Waals surface area contributed by atoms with E-state index in [4.69, 9.17) is 4.74 Å². The van der Waals surface area contributed by atoms with Crippen molar-refractivity contribution >= 4 is 44.5 Å². The van der Waals surface area contributed by atoms with Gasteiger partial charge in [0, 0.05) is 3.57 Å². The minimum absolute atomic E-state index is 0.0537. The van der Waals surface area contributed by atoms with Crippen molar-refractivity contribution in [3.63, 3.8) is 0 Å². The molecular weight excluding hydrogens is 455 g/mol. The molecule has 0 heterocycles. The summed E-state index contributed by atoms with van der Waals surface area (Å²) in [5.74, 6) is 0.190. The molecule has 0 saturated heterocycles. The van der Waals surface area contributed by atoms with Gasteiger partial charge in [-0.3, -0.25) is 0 Å². The molecule has 0 fully saturated rings. The predicted octanol–water partition coefficient (Wildman–Crippen LogP) is 5.88. The molecule has 0 aliphatic carbocycles. The van der Waals surface area contributed by atoms with Crippen LogP contribution in [0.2, 0.25) is 0 Å². The van der Waals surface area contributed by atoms with Gasteiger partial charge in [-0.2, -0.15) is 0 Å². The number of esters is 1. The molecule has 2 rings (SSSR count). The number of rotatable bonds is 2. The minimum atomic E-state index is -0.345. The van der Waals surface area contributed by atoms with Crippen LogP contribution in [0, 0.1) is 10.5 Å². The summed E-state index contributed by atoms with van der Waals surface area (Å²) in [7, 11) is 0. The first-order valence-corrected chi connectivity index (χ1v) is 8.84. The van der Waals surface area contributed by atoms with E-state index >= 15 is 0 Å². The van der Waals surface area contributed by atoms with Crippen molar-refractivity contribution < 1.29 is 9.53 Å². The standard InChI is InChI=1S/C18H18BrIO2/c1-11-5-6-12(9-15(11)20)17(21)22-16-8-7-13(10-14(16)19)18(2,3)4/h5-10H,1-4H3. The van der Waals surface area contributed by atoms with Gasteiger partial charge in [0.1, 0.15) is 5.75 Å². The molecule has 2 aromatic rings. The monoisotopic (exact) mass is 472 g/mol. The summed E-state index contributed by atoms with van der Waals surface area (Å²) in [6, 6.07) is 11.4. The molecule has 116 valence electrons. The Morgan fingerprint density at radius 3 is 2.36 bits per heavy atom. The Morgan fingerprint density at radius 1 is 1.14 bits per heavy atom. The van der Waals surface area contributed by atoms with Crippen LogP contribution in [0.25, 0.3) is 0 Å². The molecule has 0 radical (unpaired) electrons. The average molecular weight is 473 g/mol. The zero-order valence-corrected chi connectivity index (χ0v) is 16.8. The molecule has 22 heavy (non-hydrogen) atoms. The van der Waals surface area contributed by atoms with E-state index < -0.39 is 0 Å². The maximum absolute atomic E-state index is 12.3. The van der Waals surface area contributed by atoms with Crippen LogP contribution in [0.3, 0.4) is 0 Å². The van der Waals surface area contributed by atoms with Gasteiger partial charge in [-0.05, 0) is 86.3 Å². The van der Waals surface area contributed by atoms with E-state index in [0.717, 1.165) is 13.6 Å². The Labute approximate surface area is 153 Å². The van der Waals surface area contributed by atoms with Gasteiger partial charge in [0.15, 0.2) is 0 Å². The lowest BCUT2D eigenvalue weighted by Crippen LogP contribution is -2.12. The van der Waals surface area contributed by atoms with Gasteiger partial charge in [0.2, 0.25) is 0 Å². The van der Waals surface area contributed by atoms with Crippen LogP contribution in [0.5, 0.6) is 5.75 Å². The fourth-order valence-electron chi connectivity index (χ4n) is 1.93. The van der Waals surface area contributed by atoms with E-state index in [0.29, 0.717) is 11.3 Å². The molecule has 0 aromatic heterocycles. The van der Waals surface area contributed by atoms with Crippen molar-refractivity contribution in [1.29, 1.82) is 0 Å². The minimum Gasteiger partial charge on any atom is -0.422 e. The largest absolute Gasteiger partial charge is 0.422 e. The molecule has 0 amide bonds. The summed E-state index contributed by atoms with van der Waals surface area (Å²) in [5, 5.41) is 0. The first kappa shape index (κ1) is 17.5. The molecule has 0 aliphatic heterocycles. The third-order valence-electron chi connectivity index (χ3n) is 3.41. The summed E-state index contributed by atoms with van der Waals surface area (Å²) in [6.07, 6.45) is 0. The number of benzene rings is 2. The first-order valence-electron chi connectivity index (χ1n) is 6.97. The Kier molecular flexibility index (Phi) is 5.33. The number of hydrogen-bond acceptors (Lipinski definition) is 2. The molecule has 0 N–H and O–H groups in total. The lowest BCUT2D eigenvalue weighted by molar-refractivity contribution is 0.0733. The third kappa shape index (κ3) is 4.10. The van der Waals surface area contributed by atoms with Crippen LogP contribution in [-0.2, 0) is 5.41 Å². The predicted molar refractivity (Wildman–Crippen MR) is 102 cm³/mol. The zero-order valence-electron chi connectivity index (χ0n) is 13.0. The highest BCUT2D eigenvalue weighted by Crippen LogP contribution is 2.32. The second-order valence-corrected chi connectivity index (χ2v) is 8.27. The summed E-state index contributed by atoms with van der Waals surface area (Å²) in [5.41, 5.74) is 2.94. The summed E-state index contributed by atoms with van der Waals surface area (Å²) in [6.45, 7) is 8.46. The molecular formula is C18H18BrIO2. The fourth-order valence-corrected chi connectivity index (χ4v) is 2.90. The lowest BCUT2D eigenvalue weighted by atomic mass is 9.87. The van der Waals surface area contributed by atoms with E-state index in [9.17, 15) is 4.79 Å². The molecule has 0 spiro atoms. The Morgan fingerprint density at radius 2 is 1.82 bits per heavy atom. The van der Waals surface area contributed by atoms with Crippen molar-refractivity contribution in [1.82, 2.24) is 0 Å². The molecule has 2 nitrogen and oxygen atoms in total. The van der Waals surface area contributed by atoms with Crippen LogP contribution < -0.4 is 4.74 Å². The van der Waals surface area contributed by atoms with Gasteiger partial charge in [-0.1, -0.05) is 32.9 Å². The number of carbonyl (C=O) groups is 1. The number of hydrogen-bond donors (Lipinski definition) is 0. The highest BCUT2D eigenvalue weighted by atomic mass is 127. The van der Waals surface area contributed by atoms with Gasteiger partial charge >= 0.3 is 5.97 Å². The topological polar surface area (TPSA) is 26.3 Å². The number of aryl methyl sites for hydroxylation is 1. The fraction of sp³-hybridized carbons (Fsp3) is 0.278. The van der Waals surface area contributed by atoms with Crippen molar-refractivity contribution in [2.24, 2.45) is 0 Å². The second-order valence-electron chi connectivity index (χ2n) is 6.25. The van der Waals surface area contributed by atoms with Crippen molar-refractivity contribution in [2.45, 2.75) is 33.1 Å². The van der Waals surface area contributed by atoms with E-state index in [2.05, 4.69) is 59.3 Å². The molecule has 4 heteroatoms. The van der Waals surface area contributed by atoms with Gasteiger partial charge in [-0.25, -0.2) is 4.79 Å².